The van der Waals surface area contributed by atoms with E-state index >= 15 is 0 Å². The number of methoxy groups -OCH3 is 1. The molecule has 0 heterocycles. The normalized spacial score (nSPS) is 23.3. The first kappa shape index (κ1) is 15.2. The maximum absolute atomic E-state index is 10.0. The lowest BCUT2D eigenvalue weighted by Gasteiger charge is -2.37. The van der Waals surface area contributed by atoms with Gasteiger partial charge in [0.2, 0.25) is 0 Å². The van der Waals surface area contributed by atoms with Gasteiger partial charge in [-0.2, -0.15) is 0 Å². The van der Waals surface area contributed by atoms with Crippen LogP contribution in [0.5, 0.6) is 11.5 Å². The van der Waals surface area contributed by atoms with Crippen LogP contribution in [-0.4, -0.2) is 18.3 Å². The van der Waals surface area contributed by atoms with Crippen molar-refractivity contribution in [2.24, 2.45) is 5.41 Å². The zero-order valence-electron chi connectivity index (χ0n) is 13.1. The van der Waals surface area contributed by atoms with E-state index in [1.807, 2.05) is 6.07 Å². The van der Waals surface area contributed by atoms with Crippen LogP contribution < -0.4 is 10.1 Å². The summed E-state index contributed by atoms with van der Waals surface area (Å²) in [5.74, 6) is 1.12. The smallest absolute Gasteiger partial charge is 0.120 e. The van der Waals surface area contributed by atoms with Crippen molar-refractivity contribution < 1.29 is 9.84 Å². The van der Waals surface area contributed by atoms with E-state index in [1.54, 1.807) is 19.2 Å². The van der Waals surface area contributed by atoms with Gasteiger partial charge in [0, 0.05) is 17.6 Å². The lowest BCUT2D eigenvalue weighted by atomic mass is 9.75. The number of hydrogen-bond acceptors (Lipinski definition) is 3. The Morgan fingerprint density at radius 3 is 2.80 bits per heavy atom. The van der Waals surface area contributed by atoms with Crippen LogP contribution in [0.2, 0.25) is 0 Å². The maximum Gasteiger partial charge on any atom is 0.120 e. The minimum Gasteiger partial charge on any atom is -0.508 e. The minimum atomic E-state index is 0.129. The second kappa shape index (κ2) is 6.04. The zero-order valence-corrected chi connectivity index (χ0v) is 13.1. The summed E-state index contributed by atoms with van der Waals surface area (Å²) in [7, 11) is 1.65. The molecule has 1 fully saturated rings. The summed E-state index contributed by atoms with van der Waals surface area (Å²) >= 11 is 0. The first-order valence-corrected chi connectivity index (χ1v) is 7.54. The van der Waals surface area contributed by atoms with Gasteiger partial charge in [-0.05, 0) is 49.8 Å². The van der Waals surface area contributed by atoms with Crippen LogP contribution in [0.1, 0.15) is 58.1 Å². The number of aromatic hydroxyl groups is 1. The molecule has 2 unspecified atom stereocenters. The molecule has 112 valence electrons. The van der Waals surface area contributed by atoms with Crippen molar-refractivity contribution >= 4 is 0 Å². The molecule has 0 bridgehead atoms. The summed E-state index contributed by atoms with van der Waals surface area (Å²) in [5.41, 5.74) is 1.33. The van der Waals surface area contributed by atoms with E-state index in [2.05, 4.69) is 26.1 Å². The molecule has 0 spiro atoms. The Bertz CT molecular complexity index is 456. The summed E-state index contributed by atoms with van der Waals surface area (Å²) in [6, 6.07) is 6.07. The topological polar surface area (TPSA) is 41.5 Å². The molecule has 0 aromatic heterocycles. The summed E-state index contributed by atoms with van der Waals surface area (Å²) < 4.78 is 5.24. The maximum atomic E-state index is 10.0. The van der Waals surface area contributed by atoms with E-state index in [0.29, 0.717) is 17.2 Å². The number of phenolic OH excluding ortho intramolecular Hbond substituents is 1. The standard InChI is InChI=1S/C17H27NO2/c1-12(15-10-14(20-4)7-8-16(15)19)18-13-6-5-9-17(2,3)11-13/h7-8,10,12-13,18-19H,5-6,9,11H2,1-4H3. The molecule has 20 heavy (non-hydrogen) atoms. The van der Waals surface area contributed by atoms with Crippen LogP contribution >= 0.6 is 0 Å². The second-order valence-electron chi connectivity index (χ2n) is 6.77. The molecule has 1 aliphatic carbocycles. The lowest BCUT2D eigenvalue weighted by Crippen LogP contribution is -2.38. The summed E-state index contributed by atoms with van der Waals surface area (Å²) in [6.45, 7) is 6.79. The Balaban J connectivity index is 2.06. The molecular formula is C17H27NO2. The highest BCUT2D eigenvalue weighted by Crippen LogP contribution is 2.36. The zero-order chi connectivity index (χ0) is 14.8. The molecular weight excluding hydrogens is 250 g/mol. The highest BCUT2D eigenvalue weighted by molar-refractivity contribution is 5.41. The molecule has 0 radical (unpaired) electrons. The van der Waals surface area contributed by atoms with Gasteiger partial charge < -0.3 is 15.2 Å². The minimum absolute atomic E-state index is 0.129. The van der Waals surface area contributed by atoms with Crippen molar-refractivity contribution in [2.45, 2.75) is 58.5 Å². The van der Waals surface area contributed by atoms with E-state index in [4.69, 9.17) is 4.74 Å². The molecule has 0 saturated heterocycles. The number of benzene rings is 1. The lowest BCUT2D eigenvalue weighted by molar-refractivity contribution is 0.190. The fourth-order valence-corrected chi connectivity index (χ4v) is 3.29. The van der Waals surface area contributed by atoms with Crippen molar-refractivity contribution in [3.8, 4) is 11.5 Å². The van der Waals surface area contributed by atoms with Gasteiger partial charge in [-0.15, -0.1) is 0 Å². The molecule has 1 aromatic rings. The highest BCUT2D eigenvalue weighted by Gasteiger charge is 2.29. The Kier molecular flexibility index (Phi) is 4.59. The Hall–Kier alpha value is -1.22. The summed E-state index contributed by atoms with van der Waals surface area (Å²) in [5, 5.41) is 13.7. The molecule has 0 aliphatic heterocycles. The van der Waals surface area contributed by atoms with Gasteiger partial charge in [0.15, 0.2) is 0 Å². The Morgan fingerprint density at radius 2 is 2.15 bits per heavy atom. The van der Waals surface area contributed by atoms with Gasteiger partial charge in [0.25, 0.3) is 0 Å². The van der Waals surface area contributed by atoms with Crippen LogP contribution in [0, 0.1) is 5.41 Å². The monoisotopic (exact) mass is 277 g/mol. The van der Waals surface area contributed by atoms with Crippen LogP contribution in [0.25, 0.3) is 0 Å². The molecule has 0 amide bonds. The molecule has 2 atom stereocenters. The molecule has 2 N–H and O–H groups in total. The van der Waals surface area contributed by atoms with Crippen molar-refractivity contribution in [3.63, 3.8) is 0 Å². The van der Waals surface area contributed by atoms with Crippen LogP contribution in [-0.2, 0) is 0 Å². The van der Waals surface area contributed by atoms with E-state index in [9.17, 15) is 5.11 Å². The highest BCUT2D eigenvalue weighted by atomic mass is 16.5. The van der Waals surface area contributed by atoms with Crippen molar-refractivity contribution in [1.82, 2.24) is 5.32 Å². The predicted octanol–water partition coefficient (Wildman–Crippen LogP) is 4.02. The van der Waals surface area contributed by atoms with E-state index in [-0.39, 0.29) is 6.04 Å². The Morgan fingerprint density at radius 1 is 1.40 bits per heavy atom. The van der Waals surface area contributed by atoms with Gasteiger partial charge in [0.05, 0.1) is 7.11 Å². The first-order valence-electron chi connectivity index (χ1n) is 7.54. The average Bonchev–Trinajstić information content (AvgIpc) is 2.38. The van der Waals surface area contributed by atoms with Gasteiger partial charge in [0.1, 0.15) is 11.5 Å². The van der Waals surface area contributed by atoms with Crippen molar-refractivity contribution in [3.05, 3.63) is 23.8 Å². The molecule has 1 aromatic carbocycles. The molecule has 3 heteroatoms. The molecule has 2 rings (SSSR count). The molecule has 3 nitrogen and oxygen atoms in total. The second-order valence-corrected chi connectivity index (χ2v) is 6.77. The number of ether oxygens (including phenoxy) is 1. The van der Waals surface area contributed by atoms with Crippen molar-refractivity contribution in [2.75, 3.05) is 7.11 Å². The van der Waals surface area contributed by atoms with Gasteiger partial charge >= 0.3 is 0 Å². The first-order chi connectivity index (χ1) is 9.41. The number of hydrogen-bond donors (Lipinski definition) is 2. The van der Waals surface area contributed by atoms with Gasteiger partial charge in [-0.1, -0.05) is 20.3 Å². The number of nitrogens with one attached hydrogen (secondary N) is 1. The predicted molar refractivity (Wildman–Crippen MR) is 82.2 cm³/mol. The van der Waals surface area contributed by atoms with Crippen LogP contribution in [0.4, 0.5) is 0 Å². The number of phenols is 1. The summed E-state index contributed by atoms with van der Waals surface area (Å²) in [4.78, 5) is 0. The molecule has 1 aliphatic rings. The third kappa shape index (κ3) is 3.66. The fraction of sp³-hybridized carbons (Fsp3) is 0.647. The third-order valence-corrected chi connectivity index (χ3v) is 4.39. The largest absolute Gasteiger partial charge is 0.508 e. The third-order valence-electron chi connectivity index (χ3n) is 4.39. The fourth-order valence-electron chi connectivity index (χ4n) is 3.29. The SMILES string of the molecule is COc1ccc(O)c(C(C)NC2CCCC(C)(C)C2)c1. The van der Waals surface area contributed by atoms with Crippen molar-refractivity contribution in [1.29, 1.82) is 0 Å². The van der Waals surface area contributed by atoms with E-state index in [1.165, 1.54) is 25.7 Å². The molecule has 1 saturated carbocycles. The van der Waals surface area contributed by atoms with Gasteiger partial charge in [-0.3, -0.25) is 0 Å². The van der Waals surface area contributed by atoms with Gasteiger partial charge in [-0.25, -0.2) is 0 Å². The average molecular weight is 277 g/mol. The Labute approximate surface area is 122 Å². The van der Waals surface area contributed by atoms with E-state index < -0.39 is 0 Å². The quantitative estimate of drug-likeness (QED) is 0.873. The van der Waals surface area contributed by atoms with Crippen LogP contribution in [0.3, 0.4) is 0 Å². The number of rotatable bonds is 4. The summed E-state index contributed by atoms with van der Waals surface area (Å²) in [6.07, 6.45) is 5.01. The van der Waals surface area contributed by atoms with E-state index in [0.717, 1.165) is 11.3 Å². The van der Waals surface area contributed by atoms with Crippen LogP contribution in [0.15, 0.2) is 18.2 Å².